The monoisotopic (exact) mass is 690 g/mol. The number of halogens is 3. The molecule has 3 aliphatic rings. The number of carbonyl (C=O) groups is 2. The highest BCUT2D eigenvalue weighted by Gasteiger charge is 2.55. The van der Waals surface area contributed by atoms with Gasteiger partial charge in [0, 0.05) is 24.2 Å². The molecule has 2 bridgehead atoms. The molecule has 2 N–H and O–H groups in total. The number of amides is 1. The summed E-state index contributed by atoms with van der Waals surface area (Å²) in [7, 11) is 3.47. The Kier molecular flexibility index (Phi) is 10.6. The number of aryl methyl sites for hydroxylation is 2. The number of likely N-dealkylation sites (N-methyl/N-ethyl adjacent to an activating group) is 1. The Morgan fingerprint density at radius 2 is 1.78 bits per heavy atom. The van der Waals surface area contributed by atoms with Crippen LogP contribution in [-0.4, -0.2) is 52.1 Å². The highest BCUT2D eigenvalue weighted by atomic mass is 19.4. The van der Waals surface area contributed by atoms with Gasteiger partial charge in [-0.1, -0.05) is 38.0 Å². The zero-order chi connectivity index (χ0) is 36.5. The summed E-state index contributed by atoms with van der Waals surface area (Å²) in [4.78, 5) is 46.2. The molecule has 8 nitrogen and oxygen atoms in total. The maximum atomic E-state index is 14.2. The summed E-state index contributed by atoms with van der Waals surface area (Å²) in [5.74, 6) is 5.37. The molecule has 3 aliphatic carbocycles. The zero-order valence-electron chi connectivity index (χ0n) is 29.4. The first-order valence-electron chi connectivity index (χ1n) is 17.1. The predicted octanol–water partition coefficient (Wildman–Crippen LogP) is 6.72. The number of rotatable bonds is 12. The van der Waals surface area contributed by atoms with Crippen LogP contribution in [-0.2, 0) is 22.2 Å². The van der Waals surface area contributed by atoms with E-state index >= 15 is 0 Å². The number of benzene rings is 1. The van der Waals surface area contributed by atoms with Crippen molar-refractivity contribution in [1.82, 2.24) is 19.8 Å². The van der Waals surface area contributed by atoms with E-state index in [0.717, 1.165) is 58.2 Å². The van der Waals surface area contributed by atoms with Gasteiger partial charge < -0.3 is 19.9 Å². The van der Waals surface area contributed by atoms with Gasteiger partial charge in [0.1, 0.15) is 11.7 Å². The fourth-order valence-electron chi connectivity index (χ4n) is 7.14. The summed E-state index contributed by atoms with van der Waals surface area (Å²) in [6.45, 7) is 7.93. The van der Waals surface area contributed by atoms with Gasteiger partial charge in [-0.05, 0) is 118 Å². The number of nitrogens with one attached hydrogen (secondary N) is 1. The smallest absolute Gasteiger partial charge is 0.416 e. The van der Waals surface area contributed by atoms with E-state index in [-0.39, 0.29) is 42.0 Å². The molecule has 3 aromatic rings. The van der Waals surface area contributed by atoms with Crippen LogP contribution >= 0.6 is 0 Å². The fourth-order valence-corrected chi connectivity index (χ4v) is 7.14. The Hall–Kier alpha value is -4.43. The number of carboxylic acid groups (broad SMARTS) is 1. The van der Waals surface area contributed by atoms with E-state index in [2.05, 4.69) is 17.2 Å². The first kappa shape index (κ1) is 36.8. The Morgan fingerprint density at radius 1 is 1.12 bits per heavy atom. The summed E-state index contributed by atoms with van der Waals surface area (Å²) >= 11 is 0. The van der Waals surface area contributed by atoms with Crippen LogP contribution in [0.25, 0.3) is 11.1 Å². The van der Waals surface area contributed by atoms with Gasteiger partial charge in [0.25, 0.3) is 5.56 Å². The van der Waals surface area contributed by atoms with Crippen LogP contribution in [0.3, 0.4) is 0 Å². The van der Waals surface area contributed by atoms with Crippen LogP contribution in [0.4, 0.5) is 13.2 Å². The zero-order valence-corrected chi connectivity index (χ0v) is 29.4. The van der Waals surface area contributed by atoms with Gasteiger partial charge in [-0.25, -0.2) is 4.98 Å². The standard InChI is InChI=1S/C39H45F3N4O4/c1-23(2)14-33(46-22-27(11-13-45(5)6)30(17-34(46)47)39(40,41)42)37(50)44-32(18-35(48)49)31-16-28(36-24(3)8-7-9-25(36)4)15-29(43-31)10-12-38-19-26(20-38)21-38/h7-9,15-17,22-23,26,32-33H,11,13-14,18-21H2,1-6H3,(H,44,50)(H,48,49)/t26?,32-,33-,38?/m0/s1. The van der Waals surface area contributed by atoms with Crippen molar-refractivity contribution < 1.29 is 27.9 Å². The molecule has 3 saturated carbocycles. The lowest BCUT2D eigenvalue weighted by Crippen LogP contribution is -2.50. The molecule has 2 aromatic heterocycles. The number of aromatic nitrogens is 2. The first-order chi connectivity index (χ1) is 23.4. The van der Waals surface area contributed by atoms with Crippen molar-refractivity contribution >= 4 is 11.9 Å². The van der Waals surface area contributed by atoms with E-state index in [9.17, 15) is 32.7 Å². The molecule has 2 heterocycles. The van der Waals surface area contributed by atoms with Crippen molar-refractivity contribution in [3.05, 3.63) is 86.6 Å². The summed E-state index contributed by atoms with van der Waals surface area (Å²) in [6.07, 6.45) is -0.812. The fraction of sp³-hybridized carbons (Fsp3) is 0.487. The molecule has 3 fully saturated rings. The van der Waals surface area contributed by atoms with E-state index in [4.69, 9.17) is 4.98 Å². The van der Waals surface area contributed by atoms with Crippen molar-refractivity contribution in [1.29, 1.82) is 0 Å². The van der Waals surface area contributed by atoms with Crippen LogP contribution in [0.5, 0.6) is 0 Å². The van der Waals surface area contributed by atoms with Crippen LogP contribution in [0.1, 0.15) is 91.7 Å². The second-order valence-electron chi connectivity index (χ2n) is 14.8. The molecule has 0 saturated heterocycles. The maximum absolute atomic E-state index is 14.2. The number of pyridine rings is 2. The van der Waals surface area contributed by atoms with E-state index in [1.54, 1.807) is 25.1 Å². The molecule has 1 aromatic carbocycles. The Morgan fingerprint density at radius 3 is 2.32 bits per heavy atom. The highest BCUT2D eigenvalue weighted by Crippen LogP contribution is 2.64. The van der Waals surface area contributed by atoms with Gasteiger partial charge in [0.05, 0.1) is 23.7 Å². The molecule has 0 radical (unpaired) electrons. The molecular formula is C39H45F3N4O4. The van der Waals surface area contributed by atoms with Gasteiger partial charge in [0.15, 0.2) is 0 Å². The number of hydrogen-bond donors (Lipinski definition) is 2. The topological polar surface area (TPSA) is 105 Å². The molecule has 266 valence electrons. The first-order valence-corrected chi connectivity index (χ1v) is 17.1. The van der Waals surface area contributed by atoms with Gasteiger partial charge in [-0.2, -0.15) is 13.2 Å². The lowest BCUT2D eigenvalue weighted by Gasteiger charge is -2.58. The maximum Gasteiger partial charge on any atom is 0.416 e. The Balaban J connectivity index is 1.57. The predicted molar refractivity (Wildman–Crippen MR) is 185 cm³/mol. The summed E-state index contributed by atoms with van der Waals surface area (Å²) < 4.78 is 43.1. The second-order valence-corrected chi connectivity index (χ2v) is 14.8. The summed E-state index contributed by atoms with van der Waals surface area (Å²) in [5, 5.41) is 12.8. The van der Waals surface area contributed by atoms with E-state index in [1.807, 2.05) is 52.0 Å². The lowest BCUT2D eigenvalue weighted by atomic mass is 9.45. The SMILES string of the molecule is Cc1cccc(C)c1-c1cc(C#CC23CC(C2)C3)nc([C@H](CC(=O)O)NC(=O)[C@H](CC(C)C)n2cc(CCN(C)C)c(C(F)(F)F)cc2=O)c1. The average molecular weight is 691 g/mol. The molecule has 0 aliphatic heterocycles. The minimum Gasteiger partial charge on any atom is -0.481 e. The quantitative estimate of drug-likeness (QED) is 0.205. The molecule has 0 unspecified atom stereocenters. The second kappa shape index (κ2) is 14.4. The highest BCUT2D eigenvalue weighted by molar-refractivity contribution is 5.82. The summed E-state index contributed by atoms with van der Waals surface area (Å²) in [6, 6.07) is 7.79. The average Bonchev–Trinajstić information content (AvgIpc) is 2.96. The Labute approximate surface area is 291 Å². The number of carboxylic acids is 1. The molecular weight excluding hydrogens is 645 g/mol. The summed E-state index contributed by atoms with van der Waals surface area (Å²) in [5.41, 5.74) is 2.38. The van der Waals surface area contributed by atoms with Gasteiger partial charge in [0.2, 0.25) is 5.91 Å². The molecule has 11 heteroatoms. The lowest BCUT2D eigenvalue weighted by molar-refractivity contribution is -0.139. The number of hydrogen-bond acceptors (Lipinski definition) is 5. The van der Waals surface area contributed by atoms with Crippen molar-refractivity contribution in [2.24, 2.45) is 17.3 Å². The minimum absolute atomic E-state index is 0.000562. The van der Waals surface area contributed by atoms with Gasteiger partial charge >= 0.3 is 12.1 Å². The van der Waals surface area contributed by atoms with Crippen LogP contribution in [0, 0.1) is 42.9 Å². The van der Waals surface area contributed by atoms with Crippen LogP contribution in [0.15, 0.2) is 47.4 Å². The van der Waals surface area contributed by atoms with Gasteiger partial charge in [-0.15, -0.1) is 0 Å². The van der Waals surface area contributed by atoms with Gasteiger partial charge in [-0.3, -0.25) is 14.4 Å². The third-order valence-corrected chi connectivity index (χ3v) is 9.79. The van der Waals surface area contributed by atoms with E-state index in [0.29, 0.717) is 11.8 Å². The number of aliphatic carboxylic acids is 1. The Bertz CT molecular complexity index is 1870. The molecule has 2 atom stereocenters. The molecule has 1 amide bonds. The third-order valence-electron chi connectivity index (χ3n) is 9.79. The minimum atomic E-state index is -4.76. The largest absolute Gasteiger partial charge is 0.481 e. The van der Waals surface area contributed by atoms with Crippen LogP contribution in [0.2, 0.25) is 0 Å². The van der Waals surface area contributed by atoms with Crippen LogP contribution < -0.4 is 10.9 Å². The molecule has 6 rings (SSSR count). The van der Waals surface area contributed by atoms with Crippen molar-refractivity contribution in [3.8, 4) is 23.0 Å². The van der Waals surface area contributed by atoms with E-state index < -0.39 is 47.7 Å². The molecule has 50 heavy (non-hydrogen) atoms. The van der Waals surface area contributed by atoms with E-state index in [1.165, 1.54) is 0 Å². The number of alkyl halides is 3. The van der Waals surface area contributed by atoms with Crippen molar-refractivity contribution in [2.45, 2.75) is 84.5 Å². The normalized spacial score (nSPS) is 19.2. The third kappa shape index (κ3) is 8.29. The number of carbonyl (C=O) groups excluding carboxylic acids is 1. The van der Waals surface area contributed by atoms with Crippen molar-refractivity contribution in [3.63, 3.8) is 0 Å². The number of nitrogens with zero attached hydrogens (tertiary/aromatic N) is 3. The molecule has 0 spiro atoms. The van der Waals surface area contributed by atoms with Crippen molar-refractivity contribution in [2.75, 3.05) is 20.6 Å².